The van der Waals surface area contributed by atoms with Crippen molar-refractivity contribution in [2.75, 3.05) is 0 Å². The van der Waals surface area contributed by atoms with Crippen LogP contribution >= 0.6 is 11.6 Å². The number of nitriles is 1. The quantitative estimate of drug-likeness (QED) is 0.369. The maximum Gasteiger partial charge on any atom is 0.288 e. The normalized spacial score (nSPS) is 10.9. The van der Waals surface area contributed by atoms with Gasteiger partial charge in [0.1, 0.15) is 5.69 Å². The number of hydrazone groups is 1. The van der Waals surface area contributed by atoms with E-state index in [0.29, 0.717) is 16.3 Å². The van der Waals surface area contributed by atoms with E-state index in [4.69, 9.17) is 16.9 Å². The van der Waals surface area contributed by atoms with Crippen LogP contribution < -0.4 is 5.43 Å². The van der Waals surface area contributed by atoms with E-state index in [1.54, 1.807) is 36.4 Å². The second-order valence-electron chi connectivity index (χ2n) is 6.36. The number of nitrogens with zero attached hydrogens (tertiary/aromatic N) is 2. The number of rotatable bonds is 4. The van der Waals surface area contributed by atoms with Crippen LogP contribution in [0.1, 0.15) is 21.6 Å². The fraction of sp³-hybridized carbons (Fsp3) is 0. The molecule has 0 bridgehead atoms. The van der Waals surface area contributed by atoms with Gasteiger partial charge in [-0.3, -0.25) is 4.79 Å². The molecule has 0 aliphatic rings. The lowest BCUT2D eigenvalue weighted by Crippen LogP contribution is -2.18. The Bertz CT molecular complexity index is 1250. The average molecular weight is 399 g/mol. The summed E-state index contributed by atoms with van der Waals surface area (Å²) < 4.78 is 0. The van der Waals surface area contributed by atoms with Gasteiger partial charge in [-0.2, -0.15) is 10.4 Å². The number of hydrogen-bond donors (Lipinski definition) is 2. The van der Waals surface area contributed by atoms with E-state index in [-0.39, 0.29) is 5.91 Å². The van der Waals surface area contributed by atoms with Gasteiger partial charge < -0.3 is 4.98 Å². The summed E-state index contributed by atoms with van der Waals surface area (Å²) in [5, 5.41) is 14.5. The minimum absolute atomic E-state index is 0.351. The number of carbonyl (C=O) groups is 1. The fourth-order valence-corrected chi connectivity index (χ4v) is 3.22. The largest absolute Gasteiger partial charge is 0.350 e. The molecular weight excluding hydrogens is 384 g/mol. The van der Waals surface area contributed by atoms with Gasteiger partial charge in [-0.15, -0.1) is 0 Å². The zero-order valence-corrected chi connectivity index (χ0v) is 15.9. The number of hydrogen-bond acceptors (Lipinski definition) is 3. The summed E-state index contributed by atoms with van der Waals surface area (Å²) >= 11 is 6.02. The molecule has 4 aromatic rings. The van der Waals surface area contributed by atoms with Gasteiger partial charge in [0.2, 0.25) is 0 Å². The maximum absolute atomic E-state index is 12.8. The molecule has 1 aromatic heterocycles. The first-order valence-electron chi connectivity index (χ1n) is 8.86. The van der Waals surface area contributed by atoms with Gasteiger partial charge in [-0.25, -0.2) is 5.43 Å². The number of benzene rings is 3. The Morgan fingerprint density at radius 1 is 1.03 bits per heavy atom. The summed E-state index contributed by atoms with van der Waals surface area (Å²) in [5.74, 6) is -0.351. The average Bonchev–Trinajstić information content (AvgIpc) is 3.14. The molecule has 1 heterocycles. The number of amides is 1. The molecule has 0 saturated heterocycles. The molecule has 0 unspecified atom stereocenters. The second-order valence-corrected chi connectivity index (χ2v) is 6.80. The third-order valence-corrected chi connectivity index (χ3v) is 4.74. The summed E-state index contributed by atoms with van der Waals surface area (Å²) in [4.78, 5) is 16.0. The first-order valence-corrected chi connectivity index (χ1v) is 9.24. The molecule has 0 fully saturated rings. The van der Waals surface area contributed by atoms with E-state index in [1.807, 2.05) is 36.4 Å². The van der Waals surface area contributed by atoms with Gasteiger partial charge in [0.25, 0.3) is 5.91 Å². The maximum atomic E-state index is 12.8. The van der Waals surface area contributed by atoms with Crippen molar-refractivity contribution in [3.8, 4) is 17.2 Å². The van der Waals surface area contributed by atoms with E-state index in [2.05, 4.69) is 21.6 Å². The SMILES string of the molecule is N#Cc1ccc(C=NNC(=O)c2[nH]c3ccccc3c2-c2ccc(Cl)cc2)cc1. The van der Waals surface area contributed by atoms with Crippen molar-refractivity contribution in [2.24, 2.45) is 5.10 Å². The van der Waals surface area contributed by atoms with Crippen LogP contribution in [-0.4, -0.2) is 17.1 Å². The molecule has 6 heteroatoms. The minimum Gasteiger partial charge on any atom is -0.350 e. The first kappa shape index (κ1) is 18.5. The van der Waals surface area contributed by atoms with Gasteiger partial charge in [0, 0.05) is 21.5 Å². The number of aromatic amines is 1. The fourth-order valence-electron chi connectivity index (χ4n) is 3.09. The smallest absolute Gasteiger partial charge is 0.288 e. The van der Waals surface area contributed by atoms with Crippen molar-refractivity contribution >= 4 is 34.6 Å². The molecule has 140 valence electrons. The topological polar surface area (TPSA) is 81.0 Å². The molecule has 0 spiro atoms. The van der Waals surface area contributed by atoms with Crippen LogP contribution in [0.5, 0.6) is 0 Å². The first-order chi connectivity index (χ1) is 14.2. The van der Waals surface area contributed by atoms with Gasteiger partial charge in [-0.1, -0.05) is 54.1 Å². The Balaban J connectivity index is 1.65. The van der Waals surface area contributed by atoms with E-state index < -0.39 is 0 Å². The Kier molecular flexibility index (Phi) is 5.10. The van der Waals surface area contributed by atoms with Crippen LogP contribution in [0.3, 0.4) is 0 Å². The Hall–Kier alpha value is -3.88. The highest BCUT2D eigenvalue weighted by Gasteiger charge is 2.18. The number of halogens is 1. The van der Waals surface area contributed by atoms with Crippen LogP contribution in [0.4, 0.5) is 0 Å². The van der Waals surface area contributed by atoms with E-state index >= 15 is 0 Å². The van der Waals surface area contributed by atoms with Crippen molar-refractivity contribution in [1.29, 1.82) is 5.26 Å². The van der Waals surface area contributed by atoms with Crippen molar-refractivity contribution in [3.05, 3.63) is 94.6 Å². The van der Waals surface area contributed by atoms with Crippen LogP contribution in [0, 0.1) is 11.3 Å². The lowest BCUT2D eigenvalue weighted by molar-refractivity contribution is 0.0951. The molecule has 3 aromatic carbocycles. The lowest BCUT2D eigenvalue weighted by atomic mass is 10.0. The highest BCUT2D eigenvalue weighted by molar-refractivity contribution is 6.30. The molecule has 5 nitrogen and oxygen atoms in total. The van der Waals surface area contributed by atoms with Crippen molar-refractivity contribution in [3.63, 3.8) is 0 Å². The Morgan fingerprint density at radius 2 is 1.76 bits per heavy atom. The summed E-state index contributed by atoms with van der Waals surface area (Å²) in [6, 6.07) is 24.1. The van der Waals surface area contributed by atoms with Crippen molar-refractivity contribution in [2.45, 2.75) is 0 Å². The Labute approximate surface area is 172 Å². The molecule has 0 aliphatic carbocycles. The Morgan fingerprint density at radius 3 is 2.48 bits per heavy atom. The van der Waals surface area contributed by atoms with Crippen LogP contribution in [-0.2, 0) is 0 Å². The van der Waals surface area contributed by atoms with E-state index in [9.17, 15) is 4.79 Å². The number of carbonyl (C=O) groups excluding carboxylic acids is 1. The summed E-state index contributed by atoms with van der Waals surface area (Å²) in [6.45, 7) is 0. The molecule has 1 amide bonds. The van der Waals surface area contributed by atoms with Crippen molar-refractivity contribution < 1.29 is 4.79 Å². The van der Waals surface area contributed by atoms with Gasteiger partial charge in [-0.05, 0) is 41.5 Å². The summed E-state index contributed by atoms with van der Waals surface area (Å²) in [7, 11) is 0. The molecule has 29 heavy (non-hydrogen) atoms. The van der Waals surface area contributed by atoms with Gasteiger partial charge in [0.15, 0.2) is 0 Å². The molecule has 0 saturated carbocycles. The highest BCUT2D eigenvalue weighted by Crippen LogP contribution is 2.33. The van der Waals surface area contributed by atoms with Crippen LogP contribution in [0.2, 0.25) is 5.02 Å². The molecule has 4 rings (SSSR count). The van der Waals surface area contributed by atoms with Crippen LogP contribution in [0.25, 0.3) is 22.0 Å². The molecule has 2 N–H and O–H groups in total. The van der Waals surface area contributed by atoms with Crippen molar-refractivity contribution in [1.82, 2.24) is 10.4 Å². The summed E-state index contributed by atoms with van der Waals surface area (Å²) in [5.41, 5.74) is 6.87. The van der Waals surface area contributed by atoms with Gasteiger partial charge in [0.05, 0.1) is 17.8 Å². The van der Waals surface area contributed by atoms with E-state index in [0.717, 1.165) is 27.6 Å². The highest BCUT2D eigenvalue weighted by atomic mass is 35.5. The zero-order valence-electron chi connectivity index (χ0n) is 15.2. The molecule has 0 radical (unpaired) electrons. The third-order valence-electron chi connectivity index (χ3n) is 4.49. The zero-order chi connectivity index (χ0) is 20.2. The summed E-state index contributed by atoms with van der Waals surface area (Å²) in [6.07, 6.45) is 1.53. The standard InChI is InChI=1S/C23H15ClN4O/c24-18-11-9-17(10-12-18)21-19-3-1-2-4-20(19)27-22(21)23(29)28-26-14-16-7-5-15(13-25)6-8-16/h1-12,14,27H,(H,28,29). The van der Waals surface area contributed by atoms with Gasteiger partial charge >= 0.3 is 0 Å². The molecular formula is C23H15ClN4O. The molecule has 0 aliphatic heterocycles. The second kappa shape index (κ2) is 8.01. The predicted molar refractivity (Wildman–Crippen MR) is 115 cm³/mol. The predicted octanol–water partition coefficient (Wildman–Crippen LogP) is 5.12. The number of H-pyrrole nitrogens is 1. The number of fused-ring (bicyclic) bond motifs is 1. The number of aromatic nitrogens is 1. The lowest BCUT2D eigenvalue weighted by Gasteiger charge is -2.05. The van der Waals surface area contributed by atoms with E-state index in [1.165, 1.54) is 6.21 Å². The minimum atomic E-state index is -0.351. The third kappa shape index (κ3) is 3.88. The molecule has 0 atom stereocenters. The van der Waals surface area contributed by atoms with Crippen LogP contribution in [0.15, 0.2) is 77.9 Å². The number of para-hydroxylation sites is 1. The number of nitrogens with one attached hydrogen (secondary N) is 2. The monoisotopic (exact) mass is 398 g/mol.